The molecule has 9 heteroatoms. The molecule has 1 N–H and O–H groups in total. The number of carbonyl (C=O) groups is 1. The molecule has 172 valence electrons. The molecule has 0 saturated carbocycles. The number of hydrogen-bond donors (Lipinski definition) is 1. The van der Waals surface area contributed by atoms with Crippen LogP contribution >= 0.6 is 0 Å². The third-order valence-corrected chi connectivity index (χ3v) is 10.3. The van der Waals surface area contributed by atoms with E-state index >= 15 is 0 Å². The van der Waals surface area contributed by atoms with Crippen molar-refractivity contribution in [3.05, 3.63) is 59.7 Å². The molecule has 0 aromatic heterocycles. The summed E-state index contributed by atoms with van der Waals surface area (Å²) in [6.45, 7) is 3.20. The molecular weight excluding hydrogens is 448 g/mol. The molecule has 32 heavy (non-hydrogen) atoms. The van der Waals surface area contributed by atoms with Crippen LogP contribution in [0.3, 0.4) is 0 Å². The highest BCUT2D eigenvalue weighted by Crippen LogP contribution is 2.39. The van der Waals surface area contributed by atoms with Gasteiger partial charge in [-0.1, -0.05) is 30.3 Å². The number of sulfonamides is 1. The van der Waals surface area contributed by atoms with Crippen LogP contribution in [0.4, 0.5) is 0 Å². The van der Waals surface area contributed by atoms with Crippen molar-refractivity contribution in [1.82, 2.24) is 9.62 Å². The zero-order valence-electron chi connectivity index (χ0n) is 18.2. The van der Waals surface area contributed by atoms with Crippen LogP contribution in [0.1, 0.15) is 36.8 Å². The van der Waals surface area contributed by atoms with Gasteiger partial charge in [-0.25, -0.2) is 21.6 Å². The molecule has 0 radical (unpaired) electrons. The van der Waals surface area contributed by atoms with E-state index < -0.39 is 25.1 Å². The standard InChI is InChI=1S/C23H28N2O5S2/c1-16-8-9-17(2)22(12-16)32(29,30)24-15-23(26)25-18-10-11-19(25)14-21(13-18)31(27,28)20-6-4-3-5-7-20/h3-9,12,18-19,21,24H,10-11,13-15H2,1-2H3. The van der Waals surface area contributed by atoms with Crippen molar-refractivity contribution >= 4 is 25.8 Å². The van der Waals surface area contributed by atoms with Crippen LogP contribution in [0.2, 0.25) is 0 Å². The van der Waals surface area contributed by atoms with Gasteiger partial charge in [0.05, 0.1) is 21.6 Å². The van der Waals surface area contributed by atoms with Gasteiger partial charge >= 0.3 is 0 Å². The fraction of sp³-hybridized carbons (Fsp3) is 0.435. The molecule has 2 aromatic rings. The molecule has 4 rings (SSSR count). The van der Waals surface area contributed by atoms with Gasteiger partial charge in [0, 0.05) is 12.1 Å². The molecule has 2 bridgehead atoms. The first-order chi connectivity index (χ1) is 15.1. The molecule has 2 aliphatic rings. The molecule has 2 aliphatic heterocycles. The summed E-state index contributed by atoms with van der Waals surface area (Å²) in [7, 11) is -7.29. The Labute approximate surface area is 189 Å². The van der Waals surface area contributed by atoms with Crippen molar-refractivity contribution < 1.29 is 21.6 Å². The predicted molar refractivity (Wildman–Crippen MR) is 121 cm³/mol. The summed E-state index contributed by atoms with van der Waals surface area (Å²) < 4.78 is 54.1. The molecule has 0 aliphatic carbocycles. The van der Waals surface area contributed by atoms with Gasteiger partial charge in [0.2, 0.25) is 15.9 Å². The van der Waals surface area contributed by atoms with Crippen molar-refractivity contribution in [2.45, 2.75) is 66.7 Å². The van der Waals surface area contributed by atoms with E-state index in [9.17, 15) is 21.6 Å². The van der Waals surface area contributed by atoms with E-state index in [4.69, 9.17) is 0 Å². The topological polar surface area (TPSA) is 101 Å². The number of nitrogens with one attached hydrogen (secondary N) is 1. The number of piperidine rings is 1. The normalized spacial score (nSPS) is 23.3. The van der Waals surface area contributed by atoms with Gasteiger partial charge in [-0.05, 0) is 68.9 Å². The lowest BCUT2D eigenvalue weighted by molar-refractivity contribution is -0.134. The van der Waals surface area contributed by atoms with E-state index in [-0.39, 0.29) is 29.4 Å². The summed E-state index contributed by atoms with van der Waals surface area (Å²) in [6.07, 6.45) is 2.23. The number of nitrogens with zero attached hydrogens (tertiary/aromatic N) is 1. The lowest BCUT2D eigenvalue weighted by Gasteiger charge is -2.38. The van der Waals surface area contributed by atoms with Crippen LogP contribution in [-0.2, 0) is 24.7 Å². The maximum Gasteiger partial charge on any atom is 0.241 e. The minimum absolute atomic E-state index is 0.168. The van der Waals surface area contributed by atoms with Gasteiger partial charge in [-0.3, -0.25) is 4.79 Å². The minimum atomic E-state index is -3.83. The molecule has 1 amide bonds. The summed E-state index contributed by atoms with van der Waals surface area (Å²) in [5.74, 6) is -0.304. The van der Waals surface area contributed by atoms with Crippen LogP contribution < -0.4 is 4.72 Å². The molecule has 2 aromatic carbocycles. The third kappa shape index (κ3) is 4.33. The Morgan fingerprint density at radius 1 is 0.969 bits per heavy atom. The Balaban J connectivity index is 1.45. The zero-order chi connectivity index (χ0) is 23.1. The van der Waals surface area contributed by atoms with Crippen LogP contribution in [0, 0.1) is 13.8 Å². The maximum atomic E-state index is 13.1. The quantitative estimate of drug-likeness (QED) is 0.691. The summed E-state index contributed by atoms with van der Waals surface area (Å²) in [6, 6.07) is 13.2. The largest absolute Gasteiger partial charge is 0.336 e. The Bertz CT molecular complexity index is 1210. The predicted octanol–water partition coefficient (Wildman–Crippen LogP) is 2.58. The molecule has 7 nitrogen and oxygen atoms in total. The lowest BCUT2D eigenvalue weighted by Crippen LogP contribution is -2.52. The number of benzene rings is 2. The number of aryl methyl sites for hydroxylation is 2. The smallest absolute Gasteiger partial charge is 0.241 e. The molecule has 2 fully saturated rings. The Hall–Kier alpha value is -2.23. The van der Waals surface area contributed by atoms with Gasteiger partial charge in [0.1, 0.15) is 0 Å². The van der Waals surface area contributed by atoms with E-state index in [0.717, 1.165) is 18.4 Å². The van der Waals surface area contributed by atoms with Gasteiger partial charge in [0.25, 0.3) is 0 Å². The highest BCUT2D eigenvalue weighted by molar-refractivity contribution is 7.92. The van der Waals surface area contributed by atoms with E-state index in [1.54, 1.807) is 54.3 Å². The second-order valence-electron chi connectivity index (χ2n) is 8.73. The first kappa shape index (κ1) is 22.9. The van der Waals surface area contributed by atoms with Crippen molar-refractivity contribution in [2.24, 2.45) is 0 Å². The number of amides is 1. The van der Waals surface area contributed by atoms with E-state index in [1.807, 2.05) is 13.0 Å². The first-order valence-corrected chi connectivity index (χ1v) is 13.8. The van der Waals surface area contributed by atoms with Gasteiger partial charge in [-0.15, -0.1) is 0 Å². The SMILES string of the molecule is Cc1ccc(C)c(S(=O)(=O)NCC(=O)N2C3CCC2CC(S(=O)(=O)c2ccccc2)C3)c1. The first-order valence-electron chi connectivity index (χ1n) is 10.8. The monoisotopic (exact) mass is 476 g/mol. The van der Waals surface area contributed by atoms with Crippen molar-refractivity contribution in [3.63, 3.8) is 0 Å². The van der Waals surface area contributed by atoms with Crippen LogP contribution in [0.25, 0.3) is 0 Å². The zero-order valence-corrected chi connectivity index (χ0v) is 19.8. The number of hydrogen-bond acceptors (Lipinski definition) is 5. The molecule has 0 spiro atoms. The van der Waals surface area contributed by atoms with Gasteiger partial charge < -0.3 is 4.90 Å². The third-order valence-electron chi connectivity index (χ3n) is 6.53. The minimum Gasteiger partial charge on any atom is -0.336 e. The second-order valence-corrected chi connectivity index (χ2v) is 12.7. The highest BCUT2D eigenvalue weighted by atomic mass is 32.2. The summed E-state index contributed by atoms with van der Waals surface area (Å²) in [5.41, 5.74) is 1.43. The second kappa shape index (κ2) is 8.61. The molecule has 2 saturated heterocycles. The van der Waals surface area contributed by atoms with Crippen LogP contribution in [0.5, 0.6) is 0 Å². The fourth-order valence-corrected chi connectivity index (χ4v) is 8.09. The number of sulfone groups is 1. The van der Waals surface area contributed by atoms with E-state index in [2.05, 4.69) is 4.72 Å². The van der Waals surface area contributed by atoms with Gasteiger partial charge in [0.15, 0.2) is 9.84 Å². The van der Waals surface area contributed by atoms with Crippen molar-refractivity contribution in [2.75, 3.05) is 6.54 Å². The summed E-state index contributed by atoms with van der Waals surface area (Å²) in [4.78, 5) is 15.2. The number of rotatable bonds is 6. The summed E-state index contributed by atoms with van der Waals surface area (Å²) >= 11 is 0. The van der Waals surface area contributed by atoms with Gasteiger partial charge in [-0.2, -0.15) is 0 Å². The lowest BCUT2D eigenvalue weighted by atomic mass is 10.0. The molecule has 2 unspecified atom stereocenters. The van der Waals surface area contributed by atoms with Crippen molar-refractivity contribution in [1.29, 1.82) is 0 Å². The summed E-state index contributed by atoms with van der Waals surface area (Å²) in [5, 5.41) is -0.530. The fourth-order valence-electron chi connectivity index (χ4n) is 4.91. The number of fused-ring (bicyclic) bond motifs is 2. The molecule has 2 atom stereocenters. The average molecular weight is 477 g/mol. The Kier molecular flexibility index (Phi) is 6.17. The molecule has 2 heterocycles. The van der Waals surface area contributed by atoms with Crippen LogP contribution in [0.15, 0.2) is 58.3 Å². The maximum absolute atomic E-state index is 13.1. The van der Waals surface area contributed by atoms with Crippen LogP contribution in [-0.4, -0.2) is 51.5 Å². The highest BCUT2D eigenvalue weighted by Gasteiger charge is 2.47. The number of carbonyl (C=O) groups excluding carboxylic acids is 1. The molecular formula is C23H28N2O5S2. The van der Waals surface area contributed by atoms with Crippen molar-refractivity contribution in [3.8, 4) is 0 Å². The Morgan fingerprint density at radius 3 is 2.22 bits per heavy atom. The average Bonchev–Trinajstić information content (AvgIpc) is 3.03. The van der Waals surface area contributed by atoms with E-state index in [1.165, 1.54) is 0 Å². The Morgan fingerprint density at radius 2 is 1.59 bits per heavy atom. The van der Waals surface area contributed by atoms with E-state index in [0.29, 0.717) is 23.3 Å².